The van der Waals surface area contributed by atoms with E-state index in [4.69, 9.17) is 0 Å². The molecule has 0 bridgehead atoms. The maximum Gasteiger partial charge on any atom is 0.337 e. The number of amides is 1. The third-order valence-electron chi connectivity index (χ3n) is 4.02. The van der Waals surface area contributed by atoms with Gasteiger partial charge in [-0.3, -0.25) is 4.79 Å². The van der Waals surface area contributed by atoms with Gasteiger partial charge < -0.3 is 15.4 Å². The smallest absolute Gasteiger partial charge is 0.337 e. The summed E-state index contributed by atoms with van der Waals surface area (Å²) in [6.07, 6.45) is 1.24. The summed E-state index contributed by atoms with van der Waals surface area (Å²) in [5.41, 5.74) is 2.25. The number of carbonyl (C=O) groups is 2. The third kappa shape index (κ3) is 5.65. The van der Waals surface area contributed by atoms with E-state index in [1.807, 2.05) is 0 Å². The molecule has 0 aliphatic rings. The summed E-state index contributed by atoms with van der Waals surface area (Å²) < 4.78 is 27.7. The lowest BCUT2D eigenvalue weighted by Gasteiger charge is -2.05. The fourth-order valence-corrected chi connectivity index (χ4v) is 3.89. The second-order valence-electron chi connectivity index (χ2n) is 6.36. The van der Waals surface area contributed by atoms with Crippen LogP contribution in [-0.2, 0) is 25.8 Å². The Morgan fingerprint density at radius 1 is 1.03 bits per heavy atom. The van der Waals surface area contributed by atoms with E-state index in [2.05, 4.69) is 20.4 Å². The molecule has 0 saturated carbocycles. The van der Waals surface area contributed by atoms with E-state index < -0.39 is 15.8 Å². The molecule has 0 radical (unpaired) electrons. The molecular formula is C20H19N3O5S2. The number of benzene rings is 2. The van der Waals surface area contributed by atoms with Gasteiger partial charge in [-0.2, -0.15) is 0 Å². The Hall–Kier alpha value is -3.24. The average molecular weight is 446 g/mol. The maximum absolute atomic E-state index is 12.2. The Kier molecular flexibility index (Phi) is 6.48. The zero-order chi connectivity index (χ0) is 21.7. The predicted molar refractivity (Wildman–Crippen MR) is 115 cm³/mol. The Morgan fingerprint density at radius 2 is 1.67 bits per heavy atom. The first-order valence-corrected chi connectivity index (χ1v) is 11.5. The molecule has 156 valence electrons. The summed E-state index contributed by atoms with van der Waals surface area (Å²) in [4.78, 5) is 28.3. The lowest BCUT2D eigenvalue weighted by molar-refractivity contribution is -0.115. The van der Waals surface area contributed by atoms with Crippen LogP contribution in [0.4, 0.5) is 16.5 Å². The largest absolute Gasteiger partial charge is 0.465 e. The minimum atomic E-state index is -3.24. The quantitative estimate of drug-likeness (QED) is 0.537. The number of aromatic nitrogens is 1. The number of ether oxygens (including phenoxy) is 1. The van der Waals surface area contributed by atoms with E-state index in [-0.39, 0.29) is 17.2 Å². The Balaban J connectivity index is 1.57. The van der Waals surface area contributed by atoms with E-state index >= 15 is 0 Å². The monoisotopic (exact) mass is 445 g/mol. The highest BCUT2D eigenvalue weighted by atomic mass is 32.2. The van der Waals surface area contributed by atoms with Gasteiger partial charge in [0, 0.05) is 23.0 Å². The SMILES string of the molecule is COC(=O)c1ccc(NC(=O)Cc2csc(Nc3ccc(S(C)(=O)=O)cc3)n2)cc1. The zero-order valence-electron chi connectivity index (χ0n) is 16.2. The van der Waals surface area contributed by atoms with Crippen molar-refractivity contribution in [2.75, 3.05) is 24.0 Å². The van der Waals surface area contributed by atoms with Gasteiger partial charge in [0.2, 0.25) is 5.91 Å². The van der Waals surface area contributed by atoms with Crippen molar-refractivity contribution in [2.24, 2.45) is 0 Å². The molecule has 0 atom stereocenters. The molecule has 0 spiro atoms. The van der Waals surface area contributed by atoms with Crippen LogP contribution in [0.25, 0.3) is 0 Å². The number of nitrogens with one attached hydrogen (secondary N) is 2. The number of hydrogen-bond donors (Lipinski definition) is 2. The number of hydrogen-bond acceptors (Lipinski definition) is 8. The van der Waals surface area contributed by atoms with E-state index in [0.717, 1.165) is 6.26 Å². The van der Waals surface area contributed by atoms with Gasteiger partial charge in [-0.25, -0.2) is 18.2 Å². The van der Waals surface area contributed by atoms with Gasteiger partial charge in [0.05, 0.1) is 29.7 Å². The van der Waals surface area contributed by atoms with Gasteiger partial charge in [-0.15, -0.1) is 11.3 Å². The maximum atomic E-state index is 12.2. The molecule has 1 amide bonds. The van der Waals surface area contributed by atoms with Gasteiger partial charge in [0.25, 0.3) is 0 Å². The molecule has 8 nitrogen and oxygen atoms in total. The van der Waals surface area contributed by atoms with Gasteiger partial charge in [0.15, 0.2) is 15.0 Å². The highest BCUT2D eigenvalue weighted by Crippen LogP contribution is 2.22. The van der Waals surface area contributed by atoms with Crippen LogP contribution in [0.1, 0.15) is 16.1 Å². The summed E-state index contributed by atoms with van der Waals surface area (Å²) >= 11 is 1.34. The van der Waals surface area contributed by atoms with Gasteiger partial charge >= 0.3 is 5.97 Å². The molecule has 0 aliphatic heterocycles. The van der Waals surface area contributed by atoms with Gasteiger partial charge in [-0.1, -0.05) is 0 Å². The van der Waals surface area contributed by atoms with Gasteiger partial charge in [0.1, 0.15) is 0 Å². The van der Waals surface area contributed by atoms with Crippen molar-refractivity contribution in [1.82, 2.24) is 4.98 Å². The molecule has 2 aromatic carbocycles. The second kappa shape index (κ2) is 9.06. The summed E-state index contributed by atoms with van der Waals surface area (Å²) in [5, 5.41) is 8.20. The number of sulfone groups is 1. The molecular weight excluding hydrogens is 426 g/mol. The zero-order valence-corrected chi connectivity index (χ0v) is 17.8. The standard InChI is InChI=1S/C20H19N3O5S2/c1-28-19(25)13-3-5-14(6-4-13)21-18(24)11-16-12-29-20(23-16)22-15-7-9-17(10-8-15)30(2,26)27/h3-10,12H,11H2,1-2H3,(H,21,24)(H,22,23). The summed E-state index contributed by atoms with van der Waals surface area (Å²) in [6, 6.07) is 12.7. The van der Waals surface area contributed by atoms with Crippen LogP contribution >= 0.6 is 11.3 Å². The van der Waals surface area contributed by atoms with E-state index in [0.29, 0.717) is 27.8 Å². The molecule has 1 aromatic heterocycles. The minimum Gasteiger partial charge on any atom is -0.465 e. The minimum absolute atomic E-state index is 0.0873. The van der Waals surface area contributed by atoms with Crippen LogP contribution in [-0.4, -0.2) is 38.6 Å². The highest BCUT2D eigenvalue weighted by molar-refractivity contribution is 7.90. The van der Waals surface area contributed by atoms with E-state index in [9.17, 15) is 18.0 Å². The molecule has 0 aliphatic carbocycles. The molecule has 0 fully saturated rings. The Bertz CT molecular complexity index is 1150. The Labute approximate surface area is 177 Å². The van der Waals surface area contributed by atoms with E-state index in [1.54, 1.807) is 41.8 Å². The number of anilines is 3. The van der Waals surface area contributed by atoms with Crippen molar-refractivity contribution in [3.8, 4) is 0 Å². The molecule has 2 N–H and O–H groups in total. The van der Waals surface area contributed by atoms with Crippen molar-refractivity contribution in [1.29, 1.82) is 0 Å². The molecule has 30 heavy (non-hydrogen) atoms. The Morgan fingerprint density at radius 3 is 2.27 bits per heavy atom. The molecule has 3 rings (SSSR count). The molecule has 1 heterocycles. The topological polar surface area (TPSA) is 114 Å². The van der Waals surface area contributed by atoms with Crippen LogP contribution in [0.2, 0.25) is 0 Å². The van der Waals surface area contributed by atoms with Crippen LogP contribution in [0.5, 0.6) is 0 Å². The number of esters is 1. The molecule has 10 heteroatoms. The number of methoxy groups -OCH3 is 1. The van der Waals surface area contributed by atoms with Crippen LogP contribution < -0.4 is 10.6 Å². The van der Waals surface area contributed by atoms with Crippen LogP contribution in [0.15, 0.2) is 58.8 Å². The number of thiazole rings is 1. The number of rotatable bonds is 7. The number of nitrogens with zero attached hydrogens (tertiary/aromatic N) is 1. The predicted octanol–water partition coefficient (Wildman–Crippen LogP) is 3.26. The van der Waals surface area contributed by atoms with Crippen molar-refractivity contribution in [2.45, 2.75) is 11.3 Å². The first kappa shape index (κ1) is 21.5. The summed E-state index contributed by atoms with van der Waals surface area (Å²) in [6.45, 7) is 0. The normalized spacial score (nSPS) is 11.0. The van der Waals surface area contributed by atoms with Crippen molar-refractivity contribution in [3.05, 3.63) is 65.2 Å². The number of carbonyl (C=O) groups excluding carboxylic acids is 2. The van der Waals surface area contributed by atoms with Gasteiger partial charge in [-0.05, 0) is 48.5 Å². The van der Waals surface area contributed by atoms with Crippen LogP contribution in [0.3, 0.4) is 0 Å². The second-order valence-corrected chi connectivity index (χ2v) is 9.23. The van der Waals surface area contributed by atoms with Crippen molar-refractivity contribution in [3.63, 3.8) is 0 Å². The molecule has 0 unspecified atom stereocenters. The summed E-state index contributed by atoms with van der Waals surface area (Å²) in [5.74, 6) is -0.684. The fourth-order valence-electron chi connectivity index (χ4n) is 2.53. The lowest BCUT2D eigenvalue weighted by Crippen LogP contribution is -2.14. The van der Waals surface area contributed by atoms with Crippen molar-refractivity contribution >= 4 is 49.6 Å². The fraction of sp³-hybridized carbons (Fsp3) is 0.150. The van der Waals surface area contributed by atoms with Crippen LogP contribution in [0, 0.1) is 0 Å². The third-order valence-corrected chi connectivity index (χ3v) is 5.95. The van der Waals surface area contributed by atoms with E-state index in [1.165, 1.54) is 30.6 Å². The first-order valence-electron chi connectivity index (χ1n) is 8.74. The highest BCUT2D eigenvalue weighted by Gasteiger charge is 2.11. The lowest BCUT2D eigenvalue weighted by atomic mass is 10.2. The summed E-state index contributed by atoms with van der Waals surface area (Å²) in [7, 11) is -1.94. The van der Waals surface area contributed by atoms with Crippen molar-refractivity contribution < 1.29 is 22.7 Å². The first-order chi connectivity index (χ1) is 14.2. The molecule has 0 saturated heterocycles. The average Bonchev–Trinajstić information content (AvgIpc) is 3.14. The molecule has 3 aromatic rings.